The fourth-order valence-corrected chi connectivity index (χ4v) is 1.86. The molecule has 2 heterocycles. The summed E-state index contributed by atoms with van der Waals surface area (Å²) in [7, 11) is 2.15. The number of nitrogens with zero attached hydrogens (tertiary/aromatic N) is 1. The second-order valence-electron chi connectivity index (χ2n) is 3.76. The molecule has 0 aromatic carbocycles. The standard InChI is InChI=1S/C9H17NO2/c1-10-5-3-9(4-6-10)11-7-2-8-12-9/h2-8H2,1H3. The van der Waals surface area contributed by atoms with E-state index in [1.807, 2.05) is 0 Å². The van der Waals surface area contributed by atoms with Crippen LogP contribution in [-0.2, 0) is 9.47 Å². The Hall–Kier alpha value is -0.120. The van der Waals surface area contributed by atoms with Crippen molar-refractivity contribution >= 4 is 0 Å². The van der Waals surface area contributed by atoms with E-state index in [2.05, 4.69) is 11.9 Å². The number of rotatable bonds is 0. The Bertz CT molecular complexity index is 145. The molecule has 12 heavy (non-hydrogen) atoms. The van der Waals surface area contributed by atoms with Crippen molar-refractivity contribution in [1.29, 1.82) is 0 Å². The molecule has 1 spiro atoms. The minimum absolute atomic E-state index is 0.204. The first-order valence-corrected chi connectivity index (χ1v) is 4.77. The first-order chi connectivity index (χ1) is 5.81. The molecule has 70 valence electrons. The van der Waals surface area contributed by atoms with E-state index in [9.17, 15) is 0 Å². The van der Waals surface area contributed by atoms with Crippen LogP contribution in [-0.4, -0.2) is 44.0 Å². The topological polar surface area (TPSA) is 21.7 Å². The molecule has 2 saturated heterocycles. The van der Waals surface area contributed by atoms with Crippen molar-refractivity contribution in [2.75, 3.05) is 33.4 Å². The van der Waals surface area contributed by atoms with E-state index in [0.717, 1.165) is 45.6 Å². The maximum atomic E-state index is 5.71. The number of piperidine rings is 1. The molecule has 0 radical (unpaired) electrons. The average Bonchev–Trinajstić information content (AvgIpc) is 2.13. The number of hydrogen-bond donors (Lipinski definition) is 0. The molecule has 2 aliphatic rings. The molecule has 0 aliphatic carbocycles. The van der Waals surface area contributed by atoms with Crippen LogP contribution in [0, 0.1) is 0 Å². The van der Waals surface area contributed by atoms with Gasteiger partial charge < -0.3 is 14.4 Å². The van der Waals surface area contributed by atoms with Crippen molar-refractivity contribution in [1.82, 2.24) is 4.90 Å². The Morgan fingerprint density at radius 2 is 1.67 bits per heavy atom. The third-order valence-electron chi connectivity index (χ3n) is 2.77. The Morgan fingerprint density at radius 1 is 1.08 bits per heavy atom. The lowest BCUT2D eigenvalue weighted by Gasteiger charge is -2.42. The van der Waals surface area contributed by atoms with E-state index in [4.69, 9.17) is 9.47 Å². The Labute approximate surface area is 73.6 Å². The number of hydrogen-bond acceptors (Lipinski definition) is 3. The van der Waals surface area contributed by atoms with Gasteiger partial charge in [0.15, 0.2) is 5.79 Å². The smallest absolute Gasteiger partial charge is 0.170 e. The first kappa shape index (κ1) is 8.48. The highest BCUT2D eigenvalue weighted by molar-refractivity contribution is 4.80. The van der Waals surface area contributed by atoms with Gasteiger partial charge in [-0.2, -0.15) is 0 Å². The van der Waals surface area contributed by atoms with Crippen LogP contribution in [0.5, 0.6) is 0 Å². The molecular weight excluding hydrogens is 154 g/mol. The molecule has 3 heteroatoms. The predicted molar refractivity (Wildman–Crippen MR) is 46.0 cm³/mol. The molecule has 2 fully saturated rings. The number of ether oxygens (including phenoxy) is 2. The van der Waals surface area contributed by atoms with Gasteiger partial charge >= 0.3 is 0 Å². The van der Waals surface area contributed by atoms with Gasteiger partial charge in [0.25, 0.3) is 0 Å². The molecule has 0 saturated carbocycles. The molecular formula is C9H17NO2. The third kappa shape index (κ3) is 1.63. The van der Waals surface area contributed by atoms with Gasteiger partial charge in [-0.15, -0.1) is 0 Å². The minimum atomic E-state index is -0.204. The molecule has 2 aliphatic heterocycles. The Kier molecular flexibility index (Phi) is 2.35. The van der Waals surface area contributed by atoms with Crippen molar-refractivity contribution in [3.05, 3.63) is 0 Å². The lowest BCUT2D eigenvalue weighted by atomic mass is 10.0. The SMILES string of the molecule is CN1CCC2(CC1)OCCCO2. The summed E-state index contributed by atoms with van der Waals surface area (Å²) in [5.41, 5.74) is 0. The molecule has 0 aromatic rings. The van der Waals surface area contributed by atoms with Gasteiger partial charge in [-0.25, -0.2) is 0 Å². The van der Waals surface area contributed by atoms with Crippen LogP contribution >= 0.6 is 0 Å². The van der Waals surface area contributed by atoms with Crippen LogP contribution in [0.4, 0.5) is 0 Å². The zero-order valence-electron chi connectivity index (χ0n) is 7.71. The van der Waals surface area contributed by atoms with Crippen LogP contribution in [0.15, 0.2) is 0 Å². The fourth-order valence-electron chi connectivity index (χ4n) is 1.86. The maximum Gasteiger partial charge on any atom is 0.170 e. The maximum absolute atomic E-state index is 5.71. The number of likely N-dealkylation sites (tertiary alicyclic amines) is 1. The van der Waals surface area contributed by atoms with E-state index in [1.54, 1.807) is 0 Å². The predicted octanol–water partition coefficient (Wildman–Crippen LogP) is 0.845. The van der Waals surface area contributed by atoms with Gasteiger partial charge in [-0.3, -0.25) is 0 Å². The van der Waals surface area contributed by atoms with E-state index in [-0.39, 0.29) is 5.79 Å². The van der Waals surface area contributed by atoms with Gasteiger partial charge in [-0.05, 0) is 13.5 Å². The minimum Gasteiger partial charge on any atom is -0.350 e. The fraction of sp³-hybridized carbons (Fsp3) is 1.00. The summed E-state index contributed by atoms with van der Waals surface area (Å²) in [6.45, 7) is 3.95. The largest absolute Gasteiger partial charge is 0.350 e. The summed E-state index contributed by atoms with van der Waals surface area (Å²) >= 11 is 0. The van der Waals surface area contributed by atoms with Crippen molar-refractivity contribution in [2.24, 2.45) is 0 Å². The molecule has 0 unspecified atom stereocenters. The highest BCUT2D eigenvalue weighted by Gasteiger charge is 2.37. The Morgan fingerprint density at radius 3 is 2.25 bits per heavy atom. The van der Waals surface area contributed by atoms with Gasteiger partial charge in [0.2, 0.25) is 0 Å². The zero-order valence-corrected chi connectivity index (χ0v) is 7.71. The van der Waals surface area contributed by atoms with Crippen LogP contribution in [0.2, 0.25) is 0 Å². The molecule has 0 N–H and O–H groups in total. The van der Waals surface area contributed by atoms with Crippen molar-refractivity contribution < 1.29 is 9.47 Å². The van der Waals surface area contributed by atoms with Crippen LogP contribution in [0.3, 0.4) is 0 Å². The van der Waals surface area contributed by atoms with E-state index < -0.39 is 0 Å². The molecule has 3 nitrogen and oxygen atoms in total. The monoisotopic (exact) mass is 171 g/mol. The van der Waals surface area contributed by atoms with Gasteiger partial charge in [0.05, 0.1) is 13.2 Å². The van der Waals surface area contributed by atoms with Gasteiger partial charge in [-0.1, -0.05) is 0 Å². The second-order valence-corrected chi connectivity index (χ2v) is 3.76. The lowest BCUT2D eigenvalue weighted by Crippen LogP contribution is -2.49. The molecule has 0 amide bonds. The summed E-state index contributed by atoms with van der Waals surface area (Å²) in [5, 5.41) is 0. The van der Waals surface area contributed by atoms with Gasteiger partial charge in [0.1, 0.15) is 0 Å². The summed E-state index contributed by atoms with van der Waals surface area (Å²) < 4.78 is 11.4. The second kappa shape index (κ2) is 3.32. The zero-order chi connectivity index (χ0) is 8.44. The van der Waals surface area contributed by atoms with Crippen molar-refractivity contribution in [3.8, 4) is 0 Å². The summed E-state index contributed by atoms with van der Waals surface area (Å²) in [6.07, 6.45) is 3.12. The highest BCUT2D eigenvalue weighted by atomic mass is 16.7. The van der Waals surface area contributed by atoms with Crippen LogP contribution < -0.4 is 0 Å². The summed E-state index contributed by atoms with van der Waals surface area (Å²) in [5.74, 6) is -0.204. The summed E-state index contributed by atoms with van der Waals surface area (Å²) in [4.78, 5) is 2.33. The molecule has 0 atom stereocenters. The third-order valence-corrected chi connectivity index (χ3v) is 2.77. The normalized spacial score (nSPS) is 30.8. The Balaban J connectivity index is 1.92. The molecule has 0 aromatic heterocycles. The first-order valence-electron chi connectivity index (χ1n) is 4.77. The quantitative estimate of drug-likeness (QED) is 0.539. The van der Waals surface area contributed by atoms with E-state index in [1.165, 1.54) is 0 Å². The van der Waals surface area contributed by atoms with E-state index >= 15 is 0 Å². The molecule has 2 rings (SSSR count). The van der Waals surface area contributed by atoms with Crippen molar-refractivity contribution in [2.45, 2.75) is 25.0 Å². The van der Waals surface area contributed by atoms with Gasteiger partial charge in [0, 0.05) is 25.9 Å². The highest BCUT2D eigenvalue weighted by Crippen LogP contribution is 2.29. The average molecular weight is 171 g/mol. The van der Waals surface area contributed by atoms with Crippen molar-refractivity contribution in [3.63, 3.8) is 0 Å². The van der Waals surface area contributed by atoms with Crippen LogP contribution in [0.1, 0.15) is 19.3 Å². The van der Waals surface area contributed by atoms with Crippen LogP contribution in [0.25, 0.3) is 0 Å². The lowest BCUT2D eigenvalue weighted by molar-refractivity contribution is -0.283. The summed E-state index contributed by atoms with van der Waals surface area (Å²) in [6, 6.07) is 0. The van der Waals surface area contributed by atoms with E-state index in [0.29, 0.717) is 0 Å². The molecule has 0 bridgehead atoms.